The summed E-state index contributed by atoms with van der Waals surface area (Å²) in [7, 11) is 0. The van der Waals surface area contributed by atoms with Crippen LogP contribution in [-0.4, -0.2) is 35.7 Å². The number of ether oxygens (including phenoxy) is 1. The first kappa shape index (κ1) is 23.5. The van der Waals surface area contributed by atoms with E-state index >= 15 is 0 Å². The van der Waals surface area contributed by atoms with Crippen LogP contribution in [0.5, 0.6) is 5.75 Å². The van der Waals surface area contributed by atoms with Crippen LogP contribution in [0.2, 0.25) is 0 Å². The molecule has 0 spiro atoms. The topological polar surface area (TPSA) is 71.0 Å². The van der Waals surface area contributed by atoms with Gasteiger partial charge in [-0.2, -0.15) is 5.10 Å². The Balaban J connectivity index is 1.51. The largest absolute Gasteiger partial charge is 0.494 e. The zero-order valence-corrected chi connectivity index (χ0v) is 19.3. The van der Waals surface area contributed by atoms with Gasteiger partial charge >= 0.3 is 0 Å². The molecule has 6 nitrogen and oxygen atoms in total. The van der Waals surface area contributed by atoms with Gasteiger partial charge in [-0.25, -0.2) is 5.01 Å². The Morgan fingerprint density at radius 2 is 1.84 bits per heavy atom. The van der Waals surface area contributed by atoms with Crippen molar-refractivity contribution in [1.29, 1.82) is 0 Å². The fraction of sp³-hybridized carbons (Fsp3) is 0.423. The van der Waals surface area contributed by atoms with Gasteiger partial charge in [0, 0.05) is 19.3 Å². The molecule has 6 heteroatoms. The fourth-order valence-corrected chi connectivity index (χ4v) is 3.52. The highest BCUT2D eigenvalue weighted by molar-refractivity contribution is 6.04. The highest BCUT2D eigenvalue weighted by Gasteiger charge is 2.22. The maximum absolute atomic E-state index is 12.5. The van der Waals surface area contributed by atoms with Crippen LogP contribution in [0, 0.1) is 6.92 Å². The number of carbonyl (C=O) groups is 2. The second kappa shape index (κ2) is 11.5. The smallest absolute Gasteiger partial charge is 0.243 e. The predicted octanol–water partition coefficient (Wildman–Crippen LogP) is 4.77. The molecule has 0 unspecified atom stereocenters. The normalized spacial score (nSPS) is 14.7. The minimum absolute atomic E-state index is 0.0413. The molecule has 1 aliphatic rings. The molecule has 0 radical (unpaired) electrons. The number of nitrogens with zero attached hydrogens (tertiary/aromatic N) is 2. The quantitative estimate of drug-likeness (QED) is 0.547. The SMILES string of the molecule is CCCCOc1ccc([C@H](C)NC(=O)CCN2N=C(c3ccc(C)cc3)CCC2=O)cc1. The average Bonchev–Trinajstić information content (AvgIpc) is 2.80. The van der Waals surface area contributed by atoms with E-state index in [9.17, 15) is 9.59 Å². The number of hydrogen-bond acceptors (Lipinski definition) is 4. The van der Waals surface area contributed by atoms with Gasteiger partial charge in [0.2, 0.25) is 11.8 Å². The molecule has 2 amide bonds. The van der Waals surface area contributed by atoms with E-state index in [1.807, 2.05) is 62.4 Å². The summed E-state index contributed by atoms with van der Waals surface area (Å²) in [6.07, 6.45) is 3.38. The molecule has 1 N–H and O–H groups in total. The summed E-state index contributed by atoms with van der Waals surface area (Å²) in [6, 6.07) is 15.8. The number of unbranched alkanes of at least 4 members (excludes halogenated alkanes) is 1. The maximum atomic E-state index is 12.5. The number of hydrogen-bond donors (Lipinski definition) is 1. The number of carbonyl (C=O) groups excluding carboxylic acids is 2. The highest BCUT2D eigenvalue weighted by Crippen LogP contribution is 2.19. The molecule has 0 saturated heterocycles. The number of hydrazone groups is 1. The molecule has 170 valence electrons. The van der Waals surface area contributed by atoms with Crippen LogP contribution in [-0.2, 0) is 9.59 Å². The fourth-order valence-electron chi connectivity index (χ4n) is 3.52. The van der Waals surface area contributed by atoms with E-state index in [-0.39, 0.29) is 30.8 Å². The summed E-state index contributed by atoms with van der Waals surface area (Å²) in [5.41, 5.74) is 4.10. The van der Waals surface area contributed by atoms with Crippen LogP contribution in [0.15, 0.2) is 53.6 Å². The highest BCUT2D eigenvalue weighted by atomic mass is 16.5. The van der Waals surface area contributed by atoms with E-state index in [1.165, 1.54) is 10.6 Å². The van der Waals surface area contributed by atoms with Crippen molar-refractivity contribution in [2.75, 3.05) is 13.2 Å². The van der Waals surface area contributed by atoms with Gasteiger partial charge in [-0.05, 0) is 43.5 Å². The molecular weight excluding hydrogens is 402 g/mol. The van der Waals surface area contributed by atoms with E-state index in [0.717, 1.165) is 35.4 Å². The van der Waals surface area contributed by atoms with Gasteiger partial charge in [0.15, 0.2) is 0 Å². The van der Waals surface area contributed by atoms with Gasteiger partial charge < -0.3 is 10.1 Å². The lowest BCUT2D eigenvalue weighted by Gasteiger charge is -2.24. The first-order valence-electron chi connectivity index (χ1n) is 11.4. The van der Waals surface area contributed by atoms with Crippen LogP contribution in [0.1, 0.15) is 68.7 Å². The average molecular weight is 436 g/mol. The lowest BCUT2D eigenvalue weighted by Crippen LogP contribution is -2.36. The molecule has 1 aliphatic heterocycles. The molecule has 3 rings (SSSR count). The predicted molar refractivity (Wildman–Crippen MR) is 127 cm³/mol. The number of amides is 2. The van der Waals surface area contributed by atoms with E-state index in [1.54, 1.807) is 0 Å². The monoisotopic (exact) mass is 435 g/mol. The summed E-state index contributed by atoms with van der Waals surface area (Å²) in [5.74, 6) is 0.693. The van der Waals surface area contributed by atoms with Gasteiger partial charge in [-0.3, -0.25) is 9.59 Å². The summed E-state index contributed by atoms with van der Waals surface area (Å²) in [6.45, 7) is 7.11. The van der Waals surface area contributed by atoms with Gasteiger partial charge in [0.25, 0.3) is 0 Å². The van der Waals surface area contributed by atoms with E-state index < -0.39 is 0 Å². The minimum Gasteiger partial charge on any atom is -0.494 e. The van der Waals surface area contributed by atoms with Crippen molar-refractivity contribution in [3.63, 3.8) is 0 Å². The standard InChI is InChI=1S/C26H33N3O3/c1-4-5-18-32-23-12-10-21(11-13-23)20(3)27-25(30)16-17-29-26(31)15-14-24(28-29)22-8-6-19(2)7-9-22/h6-13,20H,4-5,14-18H2,1-3H3,(H,27,30)/t20-/m0/s1. The lowest BCUT2D eigenvalue weighted by atomic mass is 10.0. The number of aryl methyl sites for hydroxylation is 1. The van der Waals surface area contributed by atoms with Crippen molar-refractivity contribution in [2.45, 2.75) is 58.9 Å². The zero-order valence-electron chi connectivity index (χ0n) is 19.3. The number of rotatable bonds is 10. The van der Waals surface area contributed by atoms with Crippen LogP contribution < -0.4 is 10.1 Å². The Kier molecular flexibility index (Phi) is 8.42. The molecule has 1 atom stereocenters. The zero-order chi connectivity index (χ0) is 22.9. The molecule has 0 bridgehead atoms. The van der Waals surface area contributed by atoms with Crippen LogP contribution >= 0.6 is 0 Å². The minimum atomic E-state index is -0.129. The van der Waals surface area contributed by atoms with Crippen molar-refractivity contribution in [1.82, 2.24) is 10.3 Å². The molecule has 0 fully saturated rings. The molecule has 0 saturated carbocycles. The molecule has 2 aromatic carbocycles. The molecule has 0 aliphatic carbocycles. The summed E-state index contributed by atoms with van der Waals surface area (Å²) in [4.78, 5) is 24.8. The van der Waals surface area contributed by atoms with E-state index in [4.69, 9.17) is 4.74 Å². The molecule has 2 aromatic rings. The van der Waals surface area contributed by atoms with E-state index in [0.29, 0.717) is 19.4 Å². The maximum Gasteiger partial charge on any atom is 0.243 e. The summed E-state index contributed by atoms with van der Waals surface area (Å²) < 4.78 is 5.69. The van der Waals surface area contributed by atoms with Gasteiger partial charge in [0.1, 0.15) is 5.75 Å². The first-order chi connectivity index (χ1) is 15.5. The van der Waals surface area contributed by atoms with Crippen molar-refractivity contribution >= 4 is 17.5 Å². The second-order valence-corrected chi connectivity index (χ2v) is 8.24. The van der Waals surface area contributed by atoms with Crippen LogP contribution in [0.25, 0.3) is 0 Å². The van der Waals surface area contributed by atoms with Gasteiger partial charge in [0.05, 0.1) is 24.9 Å². The Hall–Kier alpha value is -3.15. The van der Waals surface area contributed by atoms with Crippen LogP contribution in [0.3, 0.4) is 0 Å². The third-order valence-corrected chi connectivity index (χ3v) is 5.56. The van der Waals surface area contributed by atoms with E-state index in [2.05, 4.69) is 17.3 Å². The molecule has 32 heavy (non-hydrogen) atoms. The second-order valence-electron chi connectivity index (χ2n) is 8.24. The van der Waals surface area contributed by atoms with Gasteiger partial charge in [-0.1, -0.05) is 55.3 Å². The Morgan fingerprint density at radius 1 is 1.12 bits per heavy atom. The van der Waals surface area contributed by atoms with Crippen molar-refractivity contribution in [3.05, 3.63) is 65.2 Å². The molecular formula is C26H33N3O3. The number of nitrogens with one attached hydrogen (secondary N) is 1. The third kappa shape index (κ3) is 6.67. The Labute approximate surface area is 190 Å². The number of benzene rings is 2. The van der Waals surface area contributed by atoms with Crippen LogP contribution in [0.4, 0.5) is 0 Å². The van der Waals surface area contributed by atoms with Gasteiger partial charge in [-0.15, -0.1) is 0 Å². The summed E-state index contributed by atoms with van der Waals surface area (Å²) in [5, 5.41) is 8.96. The Bertz CT molecular complexity index is 936. The first-order valence-corrected chi connectivity index (χ1v) is 11.4. The van der Waals surface area contributed by atoms with Crippen molar-refractivity contribution in [2.24, 2.45) is 5.10 Å². The van der Waals surface area contributed by atoms with Crippen molar-refractivity contribution < 1.29 is 14.3 Å². The Morgan fingerprint density at radius 3 is 2.53 bits per heavy atom. The van der Waals surface area contributed by atoms with Crippen molar-refractivity contribution in [3.8, 4) is 5.75 Å². The lowest BCUT2D eigenvalue weighted by molar-refractivity contribution is -0.132. The molecule has 1 heterocycles. The third-order valence-electron chi connectivity index (χ3n) is 5.56. The molecule has 0 aromatic heterocycles. The summed E-state index contributed by atoms with van der Waals surface area (Å²) >= 11 is 0.